The highest BCUT2D eigenvalue weighted by Crippen LogP contribution is 2.28. The van der Waals surface area contributed by atoms with E-state index in [1.807, 2.05) is 25.1 Å². The summed E-state index contributed by atoms with van der Waals surface area (Å²) < 4.78 is 36.2. The van der Waals surface area contributed by atoms with Crippen molar-refractivity contribution in [1.29, 1.82) is 0 Å². The Morgan fingerprint density at radius 3 is 2.41 bits per heavy atom. The Morgan fingerprint density at radius 1 is 0.852 bits per heavy atom. The molecule has 4 rings (SSSR count). The highest BCUT2D eigenvalue weighted by molar-refractivity contribution is 7.87. The van der Waals surface area contributed by atoms with E-state index in [0.717, 1.165) is 16.3 Å². The van der Waals surface area contributed by atoms with Crippen LogP contribution in [0.4, 0.5) is 0 Å². The van der Waals surface area contributed by atoms with Gasteiger partial charge < -0.3 is 8.60 Å². The van der Waals surface area contributed by atoms with Gasteiger partial charge in [0, 0.05) is 22.4 Å². The molecule has 0 aliphatic heterocycles. The van der Waals surface area contributed by atoms with E-state index in [9.17, 15) is 13.2 Å². The predicted octanol–water partition coefficient (Wildman–Crippen LogP) is 4.33. The minimum absolute atomic E-state index is 0.0850. The molecule has 136 valence electrons. The van der Waals surface area contributed by atoms with Crippen LogP contribution in [0.1, 0.15) is 11.1 Å². The van der Waals surface area contributed by atoms with Crippen LogP contribution in [0.5, 0.6) is 5.75 Å². The fourth-order valence-electron chi connectivity index (χ4n) is 3.07. The molecule has 5 nitrogen and oxygen atoms in total. The molecule has 0 amide bonds. The minimum atomic E-state index is -4.06. The molecule has 0 bridgehead atoms. The zero-order valence-corrected chi connectivity index (χ0v) is 15.5. The summed E-state index contributed by atoms with van der Waals surface area (Å²) in [7, 11) is -4.06. The number of fused-ring (bicyclic) bond motifs is 2. The van der Waals surface area contributed by atoms with Crippen LogP contribution in [0.25, 0.3) is 21.7 Å². The van der Waals surface area contributed by atoms with Gasteiger partial charge in [-0.2, -0.15) is 8.42 Å². The van der Waals surface area contributed by atoms with E-state index in [1.165, 1.54) is 12.1 Å². The molecule has 1 aromatic heterocycles. The molecular formula is C21H16O5S. The molecule has 0 saturated carbocycles. The molecule has 0 atom stereocenters. The van der Waals surface area contributed by atoms with Crippen molar-refractivity contribution in [2.24, 2.45) is 0 Å². The van der Waals surface area contributed by atoms with Crippen LogP contribution in [-0.4, -0.2) is 8.42 Å². The van der Waals surface area contributed by atoms with E-state index in [4.69, 9.17) is 8.60 Å². The summed E-state index contributed by atoms with van der Waals surface area (Å²) in [6.45, 7) is 3.51. The van der Waals surface area contributed by atoms with Gasteiger partial charge in [-0.05, 0) is 43.0 Å². The Morgan fingerprint density at radius 2 is 1.59 bits per heavy atom. The van der Waals surface area contributed by atoms with Crippen molar-refractivity contribution in [3.63, 3.8) is 0 Å². The van der Waals surface area contributed by atoms with Crippen molar-refractivity contribution in [2.75, 3.05) is 0 Å². The lowest BCUT2D eigenvalue weighted by Gasteiger charge is -2.10. The quantitative estimate of drug-likeness (QED) is 0.391. The maximum Gasteiger partial charge on any atom is 0.339 e. The van der Waals surface area contributed by atoms with Crippen molar-refractivity contribution < 1.29 is 17.0 Å². The lowest BCUT2D eigenvalue weighted by molar-refractivity contribution is 0.486. The zero-order valence-electron chi connectivity index (χ0n) is 14.7. The minimum Gasteiger partial charge on any atom is -0.422 e. The SMILES string of the molecule is Cc1c(C)c2ccc(OS(=O)(=O)c3cccc4ccccc34)cc2oc1=O. The fourth-order valence-corrected chi connectivity index (χ4v) is 4.21. The van der Waals surface area contributed by atoms with Gasteiger partial charge in [0.15, 0.2) is 0 Å². The third-order valence-corrected chi connectivity index (χ3v) is 5.96. The van der Waals surface area contributed by atoms with Crippen molar-refractivity contribution in [1.82, 2.24) is 0 Å². The van der Waals surface area contributed by atoms with Crippen LogP contribution < -0.4 is 9.81 Å². The van der Waals surface area contributed by atoms with Gasteiger partial charge in [0.2, 0.25) is 0 Å². The monoisotopic (exact) mass is 380 g/mol. The van der Waals surface area contributed by atoms with Gasteiger partial charge in [-0.15, -0.1) is 0 Å². The van der Waals surface area contributed by atoms with E-state index < -0.39 is 15.7 Å². The van der Waals surface area contributed by atoms with Crippen LogP contribution >= 0.6 is 0 Å². The van der Waals surface area contributed by atoms with E-state index in [2.05, 4.69) is 0 Å². The van der Waals surface area contributed by atoms with E-state index >= 15 is 0 Å². The second-order valence-corrected chi connectivity index (χ2v) is 7.83. The average molecular weight is 380 g/mol. The van der Waals surface area contributed by atoms with Gasteiger partial charge in [-0.3, -0.25) is 0 Å². The Kier molecular flexibility index (Phi) is 4.00. The summed E-state index contributed by atoms with van der Waals surface area (Å²) in [5.74, 6) is 0.0850. The highest BCUT2D eigenvalue weighted by atomic mass is 32.2. The Bertz CT molecular complexity index is 1350. The summed E-state index contributed by atoms with van der Waals surface area (Å²) in [5, 5.41) is 2.12. The van der Waals surface area contributed by atoms with Crippen LogP contribution in [0.15, 0.2) is 74.8 Å². The summed E-state index contributed by atoms with van der Waals surface area (Å²) in [5.41, 5.74) is 1.16. The number of rotatable bonds is 3. The van der Waals surface area contributed by atoms with Crippen molar-refractivity contribution in [3.05, 3.63) is 82.2 Å². The molecule has 0 aliphatic rings. The van der Waals surface area contributed by atoms with Crippen molar-refractivity contribution in [3.8, 4) is 5.75 Å². The molecular weight excluding hydrogens is 364 g/mol. The topological polar surface area (TPSA) is 73.6 Å². The molecule has 4 aromatic rings. The first-order valence-corrected chi connectivity index (χ1v) is 9.74. The lowest BCUT2D eigenvalue weighted by atomic mass is 10.1. The Labute approximate surface area is 155 Å². The largest absolute Gasteiger partial charge is 0.422 e. The second-order valence-electron chi connectivity index (χ2n) is 6.31. The summed E-state index contributed by atoms with van der Waals surface area (Å²) in [4.78, 5) is 12.0. The predicted molar refractivity (Wildman–Crippen MR) is 104 cm³/mol. The van der Waals surface area contributed by atoms with Crippen molar-refractivity contribution in [2.45, 2.75) is 18.7 Å². The van der Waals surface area contributed by atoms with Gasteiger partial charge >= 0.3 is 15.7 Å². The molecule has 0 aliphatic carbocycles. The molecule has 0 unspecified atom stereocenters. The molecule has 0 N–H and O–H groups in total. The molecule has 6 heteroatoms. The van der Waals surface area contributed by atoms with Crippen LogP contribution in [0, 0.1) is 13.8 Å². The average Bonchev–Trinajstić information content (AvgIpc) is 2.65. The first-order chi connectivity index (χ1) is 12.9. The molecule has 0 fully saturated rings. The van der Waals surface area contributed by atoms with Gasteiger partial charge in [-0.25, -0.2) is 4.79 Å². The summed E-state index contributed by atoms with van der Waals surface area (Å²) in [6, 6.07) is 16.9. The molecule has 0 radical (unpaired) electrons. The number of aryl methyl sites for hydroxylation is 1. The smallest absolute Gasteiger partial charge is 0.339 e. The summed E-state index contributed by atoms with van der Waals surface area (Å²) >= 11 is 0. The van der Waals surface area contributed by atoms with E-state index in [-0.39, 0.29) is 16.2 Å². The first-order valence-electron chi connectivity index (χ1n) is 8.33. The molecule has 27 heavy (non-hydrogen) atoms. The maximum atomic E-state index is 12.8. The van der Waals surface area contributed by atoms with Crippen LogP contribution in [0.3, 0.4) is 0 Å². The van der Waals surface area contributed by atoms with Gasteiger partial charge in [-0.1, -0.05) is 36.4 Å². The second kappa shape index (κ2) is 6.25. The summed E-state index contributed by atoms with van der Waals surface area (Å²) in [6.07, 6.45) is 0. The Balaban J connectivity index is 1.81. The third-order valence-electron chi connectivity index (χ3n) is 4.65. The van der Waals surface area contributed by atoms with Crippen LogP contribution in [-0.2, 0) is 10.1 Å². The van der Waals surface area contributed by atoms with E-state index in [1.54, 1.807) is 37.3 Å². The third kappa shape index (κ3) is 2.98. The van der Waals surface area contributed by atoms with Gasteiger partial charge in [0.25, 0.3) is 0 Å². The molecule has 1 heterocycles. The van der Waals surface area contributed by atoms with E-state index in [0.29, 0.717) is 10.9 Å². The molecule has 0 saturated heterocycles. The number of benzene rings is 3. The number of hydrogen-bond acceptors (Lipinski definition) is 5. The van der Waals surface area contributed by atoms with Crippen LogP contribution in [0.2, 0.25) is 0 Å². The molecule has 3 aromatic carbocycles. The number of hydrogen-bond donors (Lipinski definition) is 0. The highest BCUT2D eigenvalue weighted by Gasteiger charge is 2.20. The maximum absolute atomic E-state index is 12.8. The standard InChI is InChI=1S/C21H16O5S/c1-13-14(2)21(22)25-19-12-16(10-11-17(13)19)26-27(23,24)20-9-5-7-15-6-3-4-8-18(15)20/h3-12H,1-2H3. The Hall–Kier alpha value is -3.12. The zero-order chi connectivity index (χ0) is 19.2. The first kappa shape index (κ1) is 17.3. The van der Waals surface area contributed by atoms with Gasteiger partial charge in [0.05, 0.1) is 0 Å². The normalized spacial score (nSPS) is 11.8. The van der Waals surface area contributed by atoms with Crippen molar-refractivity contribution >= 4 is 31.9 Å². The fraction of sp³-hybridized carbons (Fsp3) is 0.0952. The molecule has 0 spiro atoms. The lowest BCUT2D eigenvalue weighted by Crippen LogP contribution is -2.10. The van der Waals surface area contributed by atoms with Gasteiger partial charge in [0.1, 0.15) is 16.2 Å².